The van der Waals surface area contributed by atoms with Gasteiger partial charge in [0.15, 0.2) is 19.8 Å². The summed E-state index contributed by atoms with van der Waals surface area (Å²) in [6, 6.07) is 39.2. The van der Waals surface area contributed by atoms with E-state index >= 15 is 0 Å². The molecule has 0 saturated heterocycles. The highest BCUT2D eigenvalue weighted by molar-refractivity contribution is 5.77. The number of nitrogens with two attached hydrogens (primary N) is 1. The van der Waals surface area contributed by atoms with Crippen molar-refractivity contribution in [3.8, 4) is 51.7 Å². The number of benzene rings is 6. The van der Waals surface area contributed by atoms with E-state index in [1.54, 1.807) is 73.0 Å². The maximum Gasteiger partial charge on any atom is 0.341 e. The summed E-state index contributed by atoms with van der Waals surface area (Å²) in [6.45, 7) is 12.8. The van der Waals surface area contributed by atoms with E-state index in [0.717, 1.165) is 56.4 Å². The number of nitrogens with one attached hydrogen (secondary N) is 2. The molecule has 2 amide bonds. The fourth-order valence-corrected chi connectivity index (χ4v) is 7.38. The lowest BCUT2D eigenvalue weighted by atomic mass is 9.92. The first-order valence-corrected chi connectivity index (χ1v) is 24.6. The third kappa shape index (κ3) is 20.0. The van der Waals surface area contributed by atoms with Gasteiger partial charge in [-0.1, -0.05) is 83.7 Å². The van der Waals surface area contributed by atoms with Gasteiger partial charge in [-0.3, -0.25) is 9.59 Å². The second kappa shape index (κ2) is 34.4. The van der Waals surface area contributed by atoms with Gasteiger partial charge in [-0.15, -0.1) is 0 Å². The van der Waals surface area contributed by atoms with E-state index in [2.05, 4.69) is 24.5 Å². The maximum atomic E-state index is 11.4. The highest BCUT2D eigenvalue weighted by Gasteiger charge is 2.18. The summed E-state index contributed by atoms with van der Waals surface area (Å²) in [5, 5.41) is 14.0. The van der Waals surface area contributed by atoms with Crippen molar-refractivity contribution < 1.29 is 62.1 Å². The number of carbonyl (C=O) groups is 3. The van der Waals surface area contributed by atoms with Gasteiger partial charge in [0.05, 0.1) is 48.7 Å². The fraction of sp³-hybridized carbons (Fsp3) is 0.350. The number of carboxylic acid groups (broad SMARTS) is 1. The Labute approximate surface area is 449 Å². The first-order chi connectivity index (χ1) is 36.2. The van der Waals surface area contributed by atoms with E-state index in [9.17, 15) is 14.4 Å². The SMILES string of the molecule is C.CC.CCNC(=O)COc1ccc(C(C)c2ccc(OC)cc2OC)cc1.CCNC(=O)COc1ccc(C(N)c2ccc(OC)cc2OC)cc1.COc1ccc(C(C)c2ccc(OCC(=O)O)cc2)c(OC)c1. The van der Waals surface area contributed by atoms with Gasteiger partial charge in [0.25, 0.3) is 11.8 Å². The van der Waals surface area contributed by atoms with Crippen molar-refractivity contribution in [2.24, 2.45) is 5.73 Å². The molecule has 76 heavy (non-hydrogen) atoms. The highest BCUT2D eigenvalue weighted by atomic mass is 16.5. The van der Waals surface area contributed by atoms with Crippen molar-refractivity contribution in [2.45, 2.75) is 66.8 Å². The summed E-state index contributed by atoms with van der Waals surface area (Å²) in [5.41, 5.74) is 12.5. The molecular weight excluding hydrogens is 971 g/mol. The summed E-state index contributed by atoms with van der Waals surface area (Å²) in [7, 11) is 9.75. The van der Waals surface area contributed by atoms with Crippen molar-refractivity contribution in [1.82, 2.24) is 10.6 Å². The second-order valence-corrected chi connectivity index (χ2v) is 16.1. The average molecular weight is 1050 g/mol. The van der Waals surface area contributed by atoms with E-state index in [-0.39, 0.29) is 56.9 Å². The third-order valence-electron chi connectivity index (χ3n) is 11.4. The molecule has 0 aromatic heterocycles. The maximum absolute atomic E-state index is 11.4. The summed E-state index contributed by atoms with van der Waals surface area (Å²) >= 11 is 0. The van der Waals surface area contributed by atoms with Crippen LogP contribution in [0.2, 0.25) is 0 Å². The van der Waals surface area contributed by atoms with Crippen LogP contribution in [0.25, 0.3) is 0 Å². The normalized spacial score (nSPS) is 11.2. The summed E-state index contributed by atoms with van der Waals surface area (Å²) < 4.78 is 48.1. The van der Waals surface area contributed by atoms with E-state index in [1.807, 2.05) is 125 Å². The van der Waals surface area contributed by atoms with E-state index in [4.69, 9.17) is 53.5 Å². The molecule has 0 radical (unpaired) electrons. The largest absolute Gasteiger partial charge is 0.497 e. The lowest BCUT2D eigenvalue weighted by Gasteiger charge is -2.17. The molecule has 0 aliphatic rings. The number of methoxy groups -OCH3 is 6. The smallest absolute Gasteiger partial charge is 0.341 e. The Morgan fingerprint density at radius 2 is 0.737 bits per heavy atom. The van der Waals surface area contributed by atoms with E-state index < -0.39 is 5.97 Å². The molecule has 3 atom stereocenters. The molecule has 0 bridgehead atoms. The molecule has 0 aliphatic carbocycles. The predicted molar refractivity (Wildman–Crippen MR) is 299 cm³/mol. The minimum atomic E-state index is -0.995. The molecule has 0 fully saturated rings. The molecule has 0 saturated carbocycles. The van der Waals surface area contributed by atoms with Crippen molar-refractivity contribution in [3.63, 3.8) is 0 Å². The van der Waals surface area contributed by atoms with Gasteiger partial charge in [0.1, 0.15) is 51.7 Å². The zero-order chi connectivity index (χ0) is 55.3. The molecular formula is C60H79N3O13. The van der Waals surface area contributed by atoms with E-state index in [1.165, 1.54) is 0 Å². The Morgan fingerprint density at radius 1 is 0.447 bits per heavy atom. The number of hydrogen-bond donors (Lipinski definition) is 4. The van der Waals surface area contributed by atoms with Crippen LogP contribution in [-0.2, 0) is 14.4 Å². The molecule has 412 valence electrons. The summed E-state index contributed by atoms with van der Waals surface area (Å²) in [5.74, 6) is 5.27. The number of aliphatic carboxylic acids is 1. The minimum absolute atomic E-state index is 0. The molecule has 5 N–H and O–H groups in total. The van der Waals surface area contributed by atoms with Crippen LogP contribution in [0.4, 0.5) is 0 Å². The fourth-order valence-electron chi connectivity index (χ4n) is 7.38. The quantitative estimate of drug-likeness (QED) is 0.0472. The van der Waals surface area contributed by atoms with Crippen molar-refractivity contribution in [2.75, 3.05) is 75.6 Å². The first kappa shape index (κ1) is 64.0. The van der Waals surface area contributed by atoms with Crippen molar-refractivity contribution >= 4 is 17.8 Å². The second-order valence-electron chi connectivity index (χ2n) is 16.1. The van der Waals surface area contributed by atoms with Gasteiger partial charge in [0.2, 0.25) is 0 Å². The zero-order valence-electron chi connectivity index (χ0n) is 45.3. The summed E-state index contributed by atoms with van der Waals surface area (Å²) in [4.78, 5) is 33.4. The molecule has 0 heterocycles. The Bertz CT molecular complexity index is 2520. The lowest BCUT2D eigenvalue weighted by Crippen LogP contribution is -2.28. The molecule has 6 aromatic carbocycles. The van der Waals surface area contributed by atoms with Gasteiger partial charge in [-0.05, 0) is 91.2 Å². The lowest BCUT2D eigenvalue weighted by molar-refractivity contribution is -0.139. The molecule has 0 spiro atoms. The van der Waals surface area contributed by atoms with Gasteiger partial charge in [0, 0.05) is 59.8 Å². The van der Waals surface area contributed by atoms with Crippen molar-refractivity contribution in [3.05, 3.63) is 161 Å². The van der Waals surface area contributed by atoms with Crippen LogP contribution < -0.4 is 59.0 Å². The van der Waals surface area contributed by atoms with Gasteiger partial charge < -0.3 is 64.1 Å². The first-order valence-electron chi connectivity index (χ1n) is 24.6. The Hall–Kier alpha value is -8.11. The minimum Gasteiger partial charge on any atom is -0.497 e. The number of amides is 2. The van der Waals surface area contributed by atoms with Crippen LogP contribution in [0.3, 0.4) is 0 Å². The molecule has 16 heteroatoms. The molecule has 6 aromatic rings. The number of hydrogen-bond acceptors (Lipinski definition) is 13. The Morgan fingerprint density at radius 3 is 1.04 bits per heavy atom. The van der Waals surface area contributed by atoms with Gasteiger partial charge >= 0.3 is 5.97 Å². The van der Waals surface area contributed by atoms with Crippen LogP contribution in [0, 0.1) is 0 Å². The molecule has 3 unspecified atom stereocenters. The number of carbonyl (C=O) groups excluding carboxylic acids is 2. The van der Waals surface area contributed by atoms with Crippen LogP contribution in [0.15, 0.2) is 127 Å². The standard InChI is InChI=1S/C20H25NO4.C19H24N2O4.C18H20O5.C2H6.CH4/c1-5-21-20(22)13-25-16-8-6-15(7-9-16)14(2)18-11-10-17(23-3)12-19(18)24-4;1-4-21-18(22)12-25-14-7-5-13(6-8-14)19(20)16-10-9-15(23-2)11-17(16)24-3;1-12(16-9-8-15(21-2)10-17(16)22-3)13-4-6-14(7-5-13)23-11-18(19)20;1-2;/h6-12,14H,5,13H2,1-4H3,(H,21,22);5-11,19H,4,12,20H2,1-3H3,(H,21,22);4-10,12H,11H2,1-3H3,(H,19,20);1-2H3;1H4. The molecule has 6 rings (SSSR count). The van der Waals surface area contributed by atoms with Gasteiger partial charge in [-0.25, -0.2) is 4.79 Å². The van der Waals surface area contributed by atoms with Crippen LogP contribution in [-0.4, -0.2) is 98.5 Å². The van der Waals surface area contributed by atoms with Crippen LogP contribution in [0.1, 0.15) is 100 Å². The topological polar surface area (TPSA) is 205 Å². The van der Waals surface area contributed by atoms with E-state index in [0.29, 0.717) is 41.8 Å². The Balaban J connectivity index is 0.000000381. The summed E-state index contributed by atoms with van der Waals surface area (Å²) in [6.07, 6.45) is 0. The monoisotopic (exact) mass is 1050 g/mol. The van der Waals surface area contributed by atoms with Crippen LogP contribution in [0.5, 0.6) is 51.7 Å². The third-order valence-corrected chi connectivity index (χ3v) is 11.4. The number of ether oxygens (including phenoxy) is 9. The average Bonchev–Trinajstić information content (AvgIpc) is 3.45. The number of carboxylic acids is 1. The Kier molecular flexibility index (Phi) is 29.0. The van der Waals surface area contributed by atoms with Crippen LogP contribution >= 0.6 is 0 Å². The molecule has 16 nitrogen and oxygen atoms in total. The number of likely N-dealkylation sites (N-methyl/N-ethyl adjacent to an activating group) is 2. The van der Waals surface area contributed by atoms with Gasteiger partial charge in [-0.2, -0.15) is 0 Å². The predicted octanol–water partition coefficient (Wildman–Crippen LogP) is 10.6. The number of rotatable bonds is 23. The highest BCUT2D eigenvalue weighted by Crippen LogP contribution is 2.37. The van der Waals surface area contributed by atoms with Crippen molar-refractivity contribution in [1.29, 1.82) is 0 Å². The molecule has 0 aliphatic heterocycles. The zero-order valence-corrected chi connectivity index (χ0v) is 45.3.